The molecule has 1 saturated heterocycles. The van der Waals surface area contributed by atoms with Gasteiger partial charge in [0.15, 0.2) is 5.78 Å². The van der Waals surface area contributed by atoms with Crippen molar-refractivity contribution >= 4 is 35.3 Å². The van der Waals surface area contributed by atoms with E-state index in [0.717, 1.165) is 37.7 Å². The lowest BCUT2D eigenvalue weighted by Crippen LogP contribution is -2.65. The van der Waals surface area contributed by atoms with Crippen molar-refractivity contribution in [1.82, 2.24) is 20.9 Å². The Balaban J connectivity index is 1.30. The molecule has 5 N–H and O–H groups in total. The second-order valence-electron chi connectivity index (χ2n) is 16.7. The fourth-order valence-corrected chi connectivity index (χ4v) is 8.34. The number of carbonyl (C=O) groups excluding carboxylic acids is 6. The van der Waals surface area contributed by atoms with E-state index in [1.807, 2.05) is 45.0 Å². The van der Waals surface area contributed by atoms with E-state index in [2.05, 4.69) is 29.8 Å². The number of Topliss-reactive ketones (excluding diaryl/α,β-unsaturated/α-hetero) is 2. The van der Waals surface area contributed by atoms with E-state index in [9.17, 15) is 28.8 Å². The monoisotopic (exact) mass is 693 g/mol. The molecular formula is C38H55N5O7. The lowest BCUT2D eigenvalue weighted by Gasteiger charge is -2.40. The molecule has 12 nitrogen and oxygen atoms in total. The molecule has 1 aromatic carbocycles. The van der Waals surface area contributed by atoms with Crippen molar-refractivity contribution in [3.05, 3.63) is 29.8 Å². The van der Waals surface area contributed by atoms with Crippen LogP contribution in [0.3, 0.4) is 0 Å². The van der Waals surface area contributed by atoms with E-state index in [4.69, 9.17) is 10.5 Å². The summed E-state index contributed by atoms with van der Waals surface area (Å²) >= 11 is 0. The third-order valence-corrected chi connectivity index (χ3v) is 11.7. The van der Waals surface area contributed by atoms with Gasteiger partial charge >= 0.3 is 6.03 Å². The molecular weight excluding hydrogens is 638 g/mol. The van der Waals surface area contributed by atoms with Gasteiger partial charge < -0.3 is 31.3 Å². The van der Waals surface area contributed by atoms with Crippen LogP contribution >= 0.6 is 0 Å². The highest BCUT2D eigenvalue weighted by atomic mass is 16.5. The number of nitrogens with two attached hydrogens (primary N) is 1. The summed E-state index contributed by atoms with van der Waals surface area (Å²) in [6.07, 6.45) is 5.63. The molecule has 4 fully saturated rings. The van der Waals surface area contributed by atoms with Crippen molar-refractivity contribution in [2.75, 3.05) is 13.7 Å². The van der Waals surface area contributed by atoms with Crippen LogP contribution in [0.15, 0.2) is 24.3 Å². The van der Waals surface area contributed by atoms with Crippen molar-refractivity contribution in [1.29, 1.82) is 0 Å². The van der Waals surface area contributed by atoms with Gasteiger partial charge in [0.1, 0.15) is 17.3 Å². The molecule has 1 aliphatic heterocycles. The number of fused-ring (bicyclic) bond motifs is 1. The summed E-state index contributed by atoms with van der Waals surface area (Å²) in [6.45, 7) is 10.4. The predicted octanol–water partition coefficient (Wildman–Crippen LogP) is 3.64. The van der Waals surface area contributed by atoms with Crippen molar-refractivity contribution in [2.24, 2.45) is 40.2 Å². The number of nitrogens with zero attached hydrogens (tertiary/aromatic N) is 1. The molecule has 3 aliphatic carbocycles. The van der Waals surface area contributed by atoms with Gasteiger partial charge in [0.25, 0.3) is 5.91 Å². The van der Waals surface area contributed by atoms with Gasteiger partial charge in [-0.05, 0) is 65.5 Å². The standard InChI is InChI=1S/C38H55N5O7/c1-36(2,3)31(41-35(49)42-38(16-8-7-9-17-38)34(48)40-20-23-12-14-25(50-6)15-13-23)33(47)43-21-26-28(37(26,4)5)29(43)27(44)19-24(18-22-10-11-22)30(45)32(39)46/h12-15,22,24,26,28-29,31H,7-11,16-21H2,1-6H3,(H2,39,46)(H,40,48)(H2,41,42,49)/t24?,26-,28-,29+,31+/m0/s1. The summed E-state index contributed by atoms with van der Waals surface area (Å²) in [4.78, 5) is 82.2. The number of nitrogens with one attached hydrogen (secondary N) is 3. The minimum atomic E-state index is -1.14. The topological polar surface area (TPSA) is 177 Å². The first-order chi connectivity index (χ1) is 23.5. The zero-order valence-electron chi connectivity index (χ0n) is 30.4. The molecule has 5 atom stereocenters. The molecule has 3 saturated carbocycles. The maximum atomic E-state index is 14.4. The Morgan fingerprint density at radius 1 is 1.00 bits per heavy atom. The van der Waals surface area contributed by atoms with Crippen LogP contribution in [0.4, 0.5) is 4.79 Å². The van der Waals surface area contributed by atoms with E-state index in [1.54, 1.807) is 12.0 Å². The number of piperidine rings is 1. The molecule has 1 heterocycles. The molecule has 274 valence electrons. The zero-order chi connectivity index (χ0) is 36.6. The van der Waals surface area contributed by atoms with Crippen LogP contribution in [0.25, 0.3) is 0 Å². The van der Waals surface area contributed by atoms with Crippen LogP contribution < -0.4 is 26.4 Å². The Hall–Kier alpha value is -3.96. The summed E-state index contributed by atoms with van der Waals surface area (Å²) in [5.41, 5.74) is 4.21. The number of amides is 5. The minimum absolute atomic E-state index is 0.0847. The lowest BCUT2D eigenvalue weighted by molar-refractivity contribution is -0.144. The maximum Gasteiger partial charge on any atom is 0.316 e. The van der Waals surface area contributed by atoms with Gasteiger partial charge in [-0.25, -0.2) is 4.79 Å². The number of carbonyl (C=O) groups is 6. The molecule has 0 spiro atoms. The van der Waals surface area contributed by atoms with Gasteiger partial charge in [-0.3, -0.25) is 24.0 Å². The zero-order valence-corrected chi connectivity index (χ0v) is 30.4. The number of benzene rings is 1. The fraction of sp³-hybridized carbons (Fsp3) is 0.684. The summed E-state index contributed by atoms with van der Waals surface area (Å²) in [5, 5.41) is 8.87. The first-order valence-corrected chi connectivity index (χ1v) is 18.1. The molecule has 50 heavy (non-hydrogen) atoms. The number of urea groups is 1. The number of ketones is 2. The lowest BCUT2D eigenvalue weighted by atomic mass is 9.80. The Morgan fingerprint density at radius 2 is 1.64 bits per heavy atom. The van der Waals surface area contributed by atoms with E-state index >= 15 is 0 Å². The van der Waals surface area contributed by atoms with Gasteiger partial charge in [-0.1, -0.05) is 78.9 Å². The number of methoxy groups -OCH3 is 1. The first kappa shape index (κ1) is 37.3. The average molecular weight is 694 g/mol. The maximum absolute atomic E-state index is 14.4. The third kappa shape index (κ3) is 7.99. The van der Waals surface area contributed by atoms with Gasteiger partial charge in [0.05, 0.1) is 13.2 Å². The van der Waals surface area contributed by atoms with Crippen molar-refractivity contribution in [3.63, 3.8) is 0 Å². The second-order valence-corrected chi connectivity index (χ2v) is 16.7. The van der Waals surface area contributed by atoms with Crippen molar-refractivity contribution in [3.8, 4) is 5.75 Å². The van der Waals surface area contributed by atoms with Crippen LogP contribution in [0.5, 0.6) is 5.75 Å². The Bertz CT molecular complexity index is 1490. The second kappa shape index (κ2) is 14.3. The largest absolute Gasteiger partial charge is 0.497 e. The minimum Gasteiger partial charge on any atom is -0.497 e. The SMILES string of the molecule is COc1ccc(CNC(=O)C2(NC(=O)N[C@H](C(=O)N3C[C@H]4[C@@H]([C@H]3C(=O)CC(CC3CC3)C(=O)C(N)=O)C4(C)C)C(C)(C)C)CCCCC2)cc1. The van der Waals surface area contributed by atoms with E-state index < -0.39 is 46.7 Å². The number of hydrogen-bond donors (Lipinski definition) is 4. The quantitative estimate of drug-likeness (QED) is 0.215. The van der Waals surface area contributed by atoms with Gasteiger partial charge in [0.2, 0.25) is 17.6 Å². The van der Waals surface area contributed by atoms with E-state index in [1.165, 1.54) is 0 Å². The number of ether oxygens (including phenoxy) is 1. The summed E-state index contributed by atoms with van der Waals surface area (Å²) in [7, 11) is 1.59. The summed E-state index contributed by atoms with van der Waals surface area (Å²) in [5.74, 6) is -2.44. The highest BCUT2D eigenvalue weighted by Gasteiger charge is 2.69. The molecule has 0 bridgehead atoms. The fourth-order valence-electron chi connectivity index (χ4n) is 8.34. The highest BCUT2D eigenvalue weighted by molar-refractivity contribution is 6.36. The van der Waals surface area contributed by atoms with Crippen molar-refractivity contribution < 1.29 is 33.5 Å². The van der Waals surface area contributed by atoms with Crippen LogP contribution in [0.2, 0.25) is 0 Å². The molecule has 0 radical (unpaired) electrons. The number of primary amides is 1. The average Bonchev–Trinajstić information content (AvgIpc) is 3.92. The summed E-state index contributed by atoms with van der Waals surface area (Å²) in [6, 6.07) is 4.99. The Labute approximate surface area is 295 Å². The number of likely N-dealkylation sites (tertiary alicyclic amines) is 1. The van der Waals surface area contributed by atoms with Crippen molar-refractivity contribution in [2.45, 2.75) is 117 Å². The first-order valence-electron chi connectivity index (χ1n) is 18.1. The Kier molecular flexibility index (Phi) is 10.7. The predicted molar refractivity (Wildman–Crippen MR) is 186 cm³/mol. The van der Waals surface area contributed by atoms with Gasteiger partial charge in [0, 0.05) is 25.4 Å². The van der Waals surface area contributed by atoms with E-state index in [0.29, 0.717) is 37.5 Å². The molecule has 1 aromatic rings. The number of rotatable bonds is 14. The Morgan fingerprint density at radius 3 is 2.20 bits per heavy atom. The van der Waals surface area contributed by atoms with Crippen LogP contribution in [-0.2, 0) is 30.5 Å². The van der Waals surface area contributed by atoms with Gasteiger partial charge in [-0.2, -0.15) is 0 Å². The third-order valence-electron chi connectivity index (χ3n) is 11.7. The summed E-state index contributed by atoms with van der Waals surface area (Å²) < 4.78 is 5.22. The highest BCUT2D eigenvalue weighted by Crippen LogP contribution is 2.65. The smallest absolute Gasteiger partial charge is 0.316 e. The molecule has 1 unspecified atom stereocenters. The van der Waals surface area contributed by atoms with E-state index in [-0.39, 0.29) is 47.8 Å². The normalized spacial score (nSPS) is 24.6. The van der Waals surface area contributed by atoms with Gasteiger partial charge in [-0.15, -0.1) is 0 Å². The van der Waals surface area contributed by atoms with Crippen LogP contribution in [-0.4, -0.2) is 71.5 Å². The molecule has 0 aromatic heterocycles. The molecule has 5 rings (SSSR count). The molecule has 12 heteroatoms. The van der Waals surface area contributed by atoms with Crippen LogP contribution in [0.1, 0.15) is 98.0 Å². The molecule has 5 amide bonds. The van der Waals surface area contributed by atoms with Crippen LogP contribution in [0, 0.1) is 34.5 Å². The molecule has 4 aliphatic rings. The number of hydrogen-bond acceptors (Lipinski definition) is 7.